The number of benzene rings is 2. The normalized spacial score (nSPS) is 13.0. The molecule has 4 aromatic rings. The maximum atomic E-state index is 13.6. The van der Waals surface area contributed by atoms with Crippen LogP contribution in [-0.4, -0.2) is 234 Å². The van der Waals surface area contributed by atoms with Gasteiger partial charge in [-0.15, -0.1) is 0 Å². The van der Waals surface area contributed by atoms with Gasteiger partial charge in [-0.2, -0.15) is 0 Å². The minimum atomic E-state index is -2.07. The van der Waals surface area contributed by atoms with Crippen LogP contribution in [0.5, 0.6) is 0 Å². The Bertz CT molecular complexity index is 2780. The number of aliphatic hydroxyl groups excluding tert-OH is 2. The zero-order valence-electron chi connectivity index (χ0n) is 54.1. The first-order chi connectivity index (χ1) is 47.3. The summed E-state index contributed by atoms with van der Waals surface area (Å²) in [5.41, 5.74) is 0.713. The third kappa shape index (κ3) is 37.7. The molecule has 2 aromatic heterocycles. The molecule has 0 aliphatic rings. The zero-order valence-corrected chi connectivity index (χ0v) is 57.1. The number of aliphatic hydroxyl groups is 2. The van der Waals surface area contributed by atoms with Crippen LogP contribution in [0.1, 0.15) is 74.6 Å². The number of hydrogen-bond acceptors (Lipinski definition) is 22. The fourth-order valence-electron chi connectivity index (χ4n) is 8.75. The molecule has 6 amide bonds. The second-order valence-corrected chi connectivity index (χ2v) is 23.2. The van der Waals surface area contributed by atoms with E-state index in [2.05, 4.69) is 52.5 Å². The summed E-state index contributed by atoms with van der Waals surface area (Å²) in [7, 11) is 0. The van der Waals surface area contributed by atoms with Crippen molar-refractivity contribution >= 4 is 105 Å². The fourth-order valence-corrected chi connectivity index (χ4v) is 9.83. The summed E-state index contributed by atoms with van der Waals surface area (Å²) in [4.78, 5) is 110. The number of carbonyl (C=O) groups is 8. The van der Waals surface area contributed by atoms with Gasteiger partial charge in [-0.05, 0) is 97.5 Å². The van der Waals surface area contributed by atoms with E-state index in [0.29, 0.717) is 61.5 Å². The van der Waals surface area contributed by atoms with Crippen LogP contribution in [-0.2, 0) is 76.3 Å². The minimum absolute atomic E-state index is 0.0205. The van der Waals surface area contributed by atoms with Gasteiger partial charge in [0.25, 0.3) is 11.8 Å². The van der Waals surface area contributed by atoms with Gasteiger partial charge in [-0.1, -0.05) is 58.5 Å². The molecule has 0 bridgehead atoms. The van der Waals surface area contributed by atoms with E-state index < -0.39 is 96.6 Å². The number of carbonyl (C=O) groups excluding carboxylic acids is 6. The Labute approximate surface area is 587 Å². The first-order valence-electron chi connectivity index (χ1n) is 31.7. The van der Waals surface area contributed by atoms with E-state index in [4.69, 9.17) is 84.3 Å². The second-order valence-electron chi connectivity index (χ2n) is 21.5. The van der Waals surface area contributed by atoms with Crippen molar-refractivity contribution in [3.63, 3.8) is 0 Å². The predicted molar refractivity (Wildman–Crippen MR) is 361 cm³/mol. The molecule has 4 unspecified atom stereocenters. The molecule has 6 atom stereocenters. The van der Waals surface area contributed by atoms with Gasteiger partial charge < -0.3 is 101 Å². The largest absolute Gasteiger partial charge is 0.481 e. The quantitative estimate of drug-likeness (QED) is 0.0281. The number of unbranched alkanes of at least 4 members (excludes halogenated alkanes) is 2. The van der Waals surface area contributed by atoms with Crippen molar-refractivity contribution in [2.75, 3.05) is 143 Å². The number of carboxylic acids is 2. The minimum Gasteiger partial charge on any atom is -0.481 e. The summed E-state index contributed by atoms with van der Waals surface area (Å²) in [6, 6.07) is 15.4. The second kappa shape index (κ2) is 50.2. The number of pyridine rings is 2. The van der Waals surface area contributed by atoms with Crippen LogP contribution in [0.25, 0.3) is 0 Å². The molecule has 0 spiro atoms. The monoisotopic (exact) mass is 1460 g/mol. The van der Waals surface area contributed by atoms with Crippen molar-refractivity contribution in [3.05, 3.63) is 116 Å². The molecule has 30 nitrogen and oxygen atoms in total. The molecule has 0 aliphatic carbocycles. The number of carboxylic acid groups (broad SMARTS) is 2. The average Bonchev–Trinajstić information content (AvgIpc) is 1.12. The molecule has 2 aromatic carbocycles. The summed E-state index contributed by atoms with van der Waals surface area (Å²) in [6.07, 6.45) is 0.708. The molecule has 0 saturated carbocycles. The Morgan fingerprint density at radius 3 is 1.04 bits per heavy atom. The Hall–Kier alpha value is -7.14. The number of halogens is 4. The van der Waals surface area contributed by atoms with Crippen LogP contribution in [0.4, 0.5) is 11.6 Å². The van der Waals surface area contributed by atoms with Gasteiger partial charge in [0, 0.05) is 71.5 Å². The Morgan fingerprint density at radius 1 is 0.398 bits per heavy atom. The fraction of sp³-hybridized carbons (Fsp3) is 0.531. The van der Waals surface area contributed by atoms with Crippen molar-refractivity contribution in [1.29, 1.82) is 0 Å². The highest BCUT2D eigenvalue weighted by Gasteiger charge is 2.31. The average molecular weight is 1460 g/mol. The number of anilines is 2. The number of ether oxygens (including phenoxy) is 8. The lowest BCUT2D eigenvalue weighted by atomic mass is 10.0. The lowest BCUT2D eigenvalue weighted by molar-refractivity contribution is -0.146. The van der Waals surface area contributed by atoms with Crippen LogP contribution in [0.2, 0.25) is 20.1 Å². The van der Waals surface area contributed by atoms with E-state index in [1.54, 1.807) is 24.5 Å². The molecule has 2 heterocycles. The Kier molecular flexibility index (Phi) is 42.7. The zero-order chi connectivity index (χ0) is 71.1. The van der Waals surface area contributed by atoms with E-state index in [0.717, 1.165) is 0 Å². The van der Waals surface area contributed by atoms with Gasteiger partial charge >= 0.3 is 11.9 Å². The lowest BCUT2D eigenvalue weighted by Gasteiger charge is -2.23. The van der Waals surface area contributed by atoms with Crippen LogP contribution in [0.15, 0.2) is 85.2 Å². The SMILES string of the molecule is O=C(O)CC(NC(=O)[C@H](COCCOCCOCCOCCNC(=O)C(O)C(O)C(=O)NCCOCCOCCOCCOC[C@H](NC(=O)CCCCNc1ccccn1)C(=O)NC(CC(=O)O)c1cc(Cl)cc(Cl)c1)NC(=O)CCCCNc1ccccn1)c1cc(Cl)cc(Cl)c1. The highest BCUT2D eigenvalue weighted by Crippen LogP contribution is 2.27. The molecule has 12 N–H and O–H groups in total. The molecule has 34 heteroatoms. The van der Waals surface area contributed by atoms with E-state index in [1.165, 1.54) is 36.4 Å². The molecule has 0 aliphatic heterocycles. The van der Waals surface area contributed by atoms with E-state index in [-0.39, 0.29) is 152 Å². The van der Waals surface area contributed by atoms with Gasteiger partial charge in [0.1, 0.15) is 23.7 Å². The van der Waals surface area contributed by atoms with Gasteiger partial charge in [0.2, 0.25) is 23.6 Å². The van der Waals surface area contributed by atoms with Crippen molar-refractivity contribution in [2.24, 2.45) is 0 Å². The number of amides is 6. The van der Waals surface area contributed by atoms with E-state index in [9.17, 15) is 58.8 Å². The number of nitrogens with zero attached hydrogens (tertiary/aromatic N) is 2. The highest BCUT2D eigenvalue weighted by molar-refractivity contribution is 6.35. The van der Waals surface area contributed by atoms with Crippen LogP contribution >= 0.6 is 46.4 Å². The van der Waals surface area contributed by atoms with E-state index in [1.807, 2.05) is 24.3 Å². The van der Waals surface area contributed by atoms with Gasteiger partial charge in [-0.25, -0.2) is 9.97 Å². The molecule has 4 rings (SSSR count). The first-order valence-corrected chi connectivity index (χ1v) is 33.2. The molecule has 0 fully saturated rings. The topological polar surface area (TPSA) is 413 Å². The number of rotatable bonds is 55. The standard InChI is InChI=1S/C64H88Cl4N10O20/c65-45-33-43(34-46(66)37-45)49(39-57(81)82)77-61(87)51(75-55(79)11-3-7-15-71-53-9-1-5-13-69-53)41-97-31-29-95-27-25-93-23-21-91-19-17-73-63(89)59(85)60(86)64(90)74-18-20-92-22-24-94-26-28-96-30-32-98-42-52(76-56(80)12-4-8-16-72-54-10-2-6-14-70-54)62(88)78-50(40-58(83)84)44-35-47(67)38-48(68)36-44/h1-2,5-6,9-10,13-14,33-38,49-52,59-60,85-86H,3-4,7-8,11-12,15-32,39-42H2,(H,69,71)(H,70,72)(H,73,89)(H,74,90)(H,75,79)(H,76,80)(H,77,87)(H,78,88)(H,81,82)(H,83,84)/t49?,50?,51-,52-,59?,60?/m0/s1. The third-order valence-corrected chi connectivity index (χ3v) is 14.5. The number of aromatic nitrogens is 2. The van der Waals surface area contributed by atoms with Crippen LogP contribution in [0, 0.1) is 0 Å². The van der Waals surface area contributed by atoms with Crippen LogP contribution < -0.4 is 42.5 Å². The first kappa shape index (κ1) is 83.3. The van der Waals surface area contributed by atoms with Crippen molar-refractivity contribution in [1.82, 2.24) is 41.9 Å². The maximum Gasteiger partial charge on any atom is 0.305 e. The number of hydrogen-bond donors (Lipinski definition) is 12. The van der Waals surface area contributed by atoms with Gasteiger partial charge in [0.15, 0.2) is 12.2 Å². The van der Waals surface area contributed by atoms with Crippen molar-refractivity contribution in [3.8, 4) is 0 Å². The third-order valence-electron chi connectivity index (χ3n) is 13.6. The number of nitrogens with one attached hydrogen (secondary N) is 8. The molecule has 542 valence electrons. The van der Waals surface area contributed by atoms with E-state index >= 15 is 0 Å². The van der Waals surface area contributed by atoms with Gasteiger partial charge in [-0.3, -0.25) is 38.4 Å². The van der Waals surface area contributed by atoms with Crippen molar-refractivity contribution in [2.45, 2.75) is 87.7 Å². The lowest BCUT2D eigenvalue weighted by Crippen LogP contribution is -2.50. The van der Waals surface area contributed by atoms with Crippen molar-refractivity contribution < 1.29 is 96.7 Å². The van der Waals surface area contributed by atoms with Crippen LogP contribution in [0.3, 0.4) is 0 Å². The summed E-state index contributed by atoms with van der Waals surface area (Å²) in [5.74, 6) is -5.19. The molecular weight excluding hydrogens is 1370 g/mol. The summed E-state index contributed by atoms with van der Waals surface area (Å²) in [6.45, 7) is 2.17. The molecule has 98 heavy (non-hydrogen) atoms. The molecule has 0 saturated heterocycles. The molecule has 0 radical (unpaired) electrons. The summed E-state index contributed by atoms with van der Waals surface area (Å²) < 4.78 is 44.3. The predicted octanol–water partition coefficient (Wildman–Crippen LogP) is 3.68. The number of aliphatic carboxylic acids is 2. The summed E-state index contributed by atoms with van der Waals surface area (Å²) in [5, 5.41) is 62.5. The summed E-state index contributed by atoms with van der Waals surface area (Å²) >= 11 is 24.6. The Balaban J connectivity index is 1.00. The Morgan fingerprint density at radius 2 is 0.724 bits per heavy atom. The molecular formula is C64H88Cl4N10O20. The smallest absolute Gasteiger partial charge is 0.305 e. The van der Waals surface area contributed by atoms with Gasteiger partial charge in [0.05, 0.1) is 131 Å². The maximum absolute atomic E-state index is 13.6. The highest BCUT2D eigenvalue weighted by atomic mass is 35.5.